The van der Waals surface area contributed by atoms with Crippen molar-refractivity contribution in [3.63, 3.8) is 0 Å². The van der Waals surface area contributed by atoms with Crippen LogP contribution in [-0.4, -0.2) is 24.6 Å². The van der Waals surface area contributed by atoms with E-state index >= 15 is 0 Å². The zero-order valence-electron chi connectivity index (χ0n) is 16.3. The van der Waals surface area contributed by atoms with E-state index < -0.39 is 0 Å². The molecule has 1 atom stereocenters. The highest BCUT2D eigenvalue weighted by molar-refractivity contribution is 7.19. The molecule has 1 unspecified atom stereocenters. The van der Waals surface area contributed by atoms with Gasteiger partial charge in [-0.1, -0.05) is 25.1 Å². The van der Waals surface area contributed by atoms with Gasteiger partial charge in [0.05, 0.1) is 30.0 Å². The number of aromatic nitrogens is 1. The first-order valence-corrected chi connectivity index (χ1v) is 10.1. The van der Waals surface area contributed by atoms with Crippen LogP contribution in [0.1, 0.15) is 36.9 Å². The van der Waals surface area contributed by atoms with Crippen molar-refractivity contribution in [3.05, 3.63) is 59.1 Å². The Labute approximate surface area is 169 Å². The first-order chi connectivity index (χ1) is 13.6. The van der Waals surface area contributed by atoms with Gasteiger partial charge in [-0.3, -0.25) is 4.79 Å². The maximum Gasteiger partial charge on any atom is 0.244 e. The van der Waals surface area contributed by atoms with Gasteiger partial charge < -0.3 is 14.8 Å². The summed E-state index contributed by atoms with van der Waals surface area (Å²) in [7, 11) is 1.61. The zero-order chi connectivity index (χ0) is 19.9. The van der Waals surface area contributed by atoms with E-state index in [0.29, 0.717) is 18.1 Å². The summed E-state index contributed by atoms with van der Waals surface area (Å²) in [6.45, 7) is 4.63. The molecule has 0 aliphatic rings. The average molecular weight is 397 g/mol. The molecule has 1 aromatic heterocycles. The van der Waals surface area contributed by atoms with Crippen molar-refractivity contribution >= 4 is 33.5 Å². The molecule has 146 valence electrons. The predicted molar refractivity (Wildman–Crippen MR) is 114 cm³/mol. The number of carbonyl (C=O) groups excluding carboxylic acids is 1. The Morgan fingerprint density at radius 3 is 2.82 bits per heavy atom. The molecular weight excluding hydrogens is 372 g/mol. The lowest BCUT2D eigenvalue weighted by molar-refractivity contribution is -0.117. The summed E-state index contributed by atoms with van der Waals surface area (Å²) < 4.78 is 12.2. The number of amides is 1. The molecule has 0 bridgehead atoms. The lowest BCUT2D eigenvalue weighted by atomic mass is 10.1. The van der Waals surface area contributed by atoms with Crippen LogP contribution in [0.4, 0.5) is 0 Å². The van der Waals surface area contributed by atoms with Crippen molar-refractivity contribution in [2.45, 2.75) is 26.3 Å². The molecule has 0 saturated heterocycles. The number of hydrogen-bond donors (Lipinski definition) is 1. The fraction of sp³-hybridized carbons (Fsp3) is 0.273. The minimum absolute atomic E-state index is 0.165. The van der Waals surface area contributed by atoms with Crippen LogP contribution >= 0.6 is 11.3 Å². The standard InChI is InChI=1S/C22H24N2O3S/c1-4-13-27-18-10-9-16(14-19(18)26-3)15(2)23-21(25)11-12-22-24-17-7-5-6-8-20(17)28-22/h5-12,14-15H,4,13H2,1-3H3,(H,23,25)/b12-11+. The molecule has 3 rings (SSSR count). The van der Waals surface area contributed by atoms with Crippen LogP contribution in [0.15, 0.2) is 48.5 Å². The van der Waals surface area contributed by atoms with Crippen LogP contribution in [-0.2, 0) is 4.79 Å². The lowest BCUT2D eigenvalue weighted by Crippen LogP contribution is -2.24. The van der Waals surface area contributed by atoms with E-state index in [1.807, 2.05) is 49.4 Å². The van der Waals surface area contributed by atoms with Crippen molar-refractivity contribution < 1.29 is 14.3 Å². The second-order valence-corrected chi connectivity index (χ2v) is 7.40. The maximum absolute atomic E-state index is 12.3. The van der Waals surface area contributed by atoms with Gasteiger partial charge in [0.25, 0.3) is 0 Å². The monoisotopic (exact) mass is 396 g/mol. The number of methoxy groups -OCH3 is 1. The zero-order valence-corrected chi connectivity index (χ0v) is 17.1. The third-order valence-corrected chi connectivity index (χ3v) is 5.20. The number of carbonyl (C=O) groups is 1. The summed E-state index contributed by atoms with van der Waals surface area (Å²) in [5.41, 5.74) is 1.89. The van der Waals surface area contributed by atoms with Crippen LogP contribution in [0, 0.1) is 0 Å². The third kappa shape index (κ3) is 4.89. The Morgan fingerprint density at radius 2 is 2.07 bits per heavy atom. The summed E-state index contributed by atoms with van der Waals surface area (Å²) in [5.74, 6) is 1.21. The molecule has 2 aromatic carbocycles. The lowest BCUT2D eigenvalue weighted by Gasteiger charge is -2.16. The normalized spacial score (nSPS) is 12.2. The Morgan fingerprint density at radius 1 is 1.25 bits per heavy atom. The first-order valence-electron chi connectivity index (χ1n) is 9.25. The Kier molecular flexibility index (Phi) is 6.66. The number of thiazole rings is 1. The van der Waals surface area contributed by atoms with E-state index in [1.54, 1.807) is 24.5 Å². The van der Waals surface area contributed by atoms with Gasteiger partial charge in [-0.15, -0.1) is 11.3 Å². The van der Waals surface area contributed by atoms with Gasteiger partial charge in [-0.25, -0.2) is 4.98 Å². The summed E-state index contributed by atoms with van der Waals surface area (Å²) in [6, 6.07) is 13.5. The smallest absolute Gasteiger partial charge is 0.244 e. The van der Waals surface area contributed by atoms with Gasteiger partial charge >= 0.3 is 0 Å². The minimum atomic E-state index is -0.169. The molecule has 1 N–H and O–H groups in total. The van der Waals surface area contributed by atoms with Crippen molar-refractivity contribution in [2.75, 3.05) is 13.7 Å². The molecule has 0 radical (unpaired) electrons. The van der Waals surface area contributed by atoms with Crippen LogP contribution in [0.3, 0.4) is 0 Å². The number of nitrogens with one attached hydrogen (secondary N) is 1. The number of ether oxygens (including phenoxy) is 2. The SMILES string of the molecule is CCCOc1ccc(C(C)NC(=O)/C=C/c2nc3ccccc3s2)cc1OC. The number of rotatable bonds is 8. The van der Waals surface area contributed by atoms with Gasteiger partial charge in [-0.2, -0.15) is 0 Å². The molecule has 5 nitrogen and oxygen atoms in total. The quantitative estimate of drug-likeness (QED) is 0.545. The fourth-order valence-electron chi connectivity index (χ4n) is 2.74. The van der Waals surface area contributed by atoms with E-state index in [0.717, 1.165) is 27.2 Å². The van der Waals surface area contributed by atoms with Gasteiger partial charge in [0, 0.05) is 6.08 Å². The van der Waals surface area contributed by atoms with Crippen LogP contribution < -0.4 is 14.8 Å². The average Bonchev–Trinajstić information content (AvgIpc) is 3.13. The van der Waals surface area contributed by atoms with Crippen molar-refractivity contribution in [2.24, 2.45) is 0 Å². The highest BCUT2D eigenvalue weighted by Crippen LogP contribution is 2.30. The van der Waals surface area contributed by atoms with Crippen molar-refractivity contribution in [1.82, 2.24) is 10.3 Å². The molecule has 28 heavy (non-hydrogen) atoms. The summed E-state index contributed by atoms with van der Waals surface area (Å²) >= 11 is 1.56. The summed E-state index contributed by atoms with van der Waals surface area (Å²) in [5, 5.41) is 3.78. The van der Waals surface area contributed by atoms with E-state index in [4.69, 9.17) is 9.47 Å². The molecule has 0 spiro atoms. The molecule has 1 amide bonds. The van der Waals surface area contributed by atoms with Gasteiger partial charge in [0.1, 0.15) is 5.01 Å². The van der Waals surface area contributed by atoms with Crippen molar-refractivity contribution in [3.8, 4) is 11.5 Å². The molecule has 0 aliphatic carbocycles. The fourth-order valence-corrected chi connectivity index (χ4v) is 3.61. The topological polar surface area (TPSA) is 60.5 Å². The van der Waals surface area contributed by atoms with Crippen LogP contribution in [0.5, 0.6) is 11.5 Å². The largest absolute Gasteiger partial charge is 0.493 e. The van der Waals surface area contributed by atoms with Gasteiger partial charge in [0.15, 0.2) is 11.5 Å². The summed E-state index contributed by atoms with van der Waals surface area (Å²) in [4.78, 5) is 16.8. The van der Waals surface area contributed by atoms with E-state index in [1.165, 1.54) is 6.08 Å². The summed E-state index contributed by atoms with van der Waals surface area (Å²) in [6.07, 6.45) is 4.19. The number of hydrogen-bond acceptors (Lipinski definition) is 5. The number of fused-ring (bicyclic) bond motifs is 1. The second kappa shape index (κ2) is 9.37. The van der Waals surface area contributed by atoms with Gasteiger partial charge in [-0.05, 0) is 49.2 Å². The van der Waals surface area contributed by atoms with Crippen LogP contribution in [0.2, 0.25) is 0 Å². The predicted octanol–water partition coefficient (Wildman–Crippen LogP) is 4.98. The first kappa shape index (κ1) is 19.9. The maximum atomic E-state index is 12.3. The number of benzene rings is 2. The Bertz CT molecular complexity index is 948. The number of para-hydroxylation sites is 1. The molecule has 6 heteroatoms. The van der Waals surface area contributed by atoms with E-state index in [-0.39, 0.29) is 11.9 Å². The van der Waals surface area contributed by atoms with Gasteiger partial charge in [0.2, 0.25) is 5.91 Å². The van der Waals surface area contributed by atoms with Crippen LogP contribution in [0.25, 0.3) is 16.3 Å². The second-order valence-electron chi connectivity index (χ2n) is 6.34. The molecular formula is C22H24N2O3S. The Balaban J connectivity index is 1.64. The number of nitrogens with zero attached hydrogens (tertiary/aromatic N) is 1. The molecule has 3 aromatic rings. The molecule has 0 aliphatic heterocycles. The highest BCUT2D eigenvalue weighted by Gasteiger charge is 2.12. The third-order valence-electron chi connectivity index (χ3n) is 4.20. The minimum Gasteiger partial charge on any atom is -0.493 e. The van der Waals surface area contributed by atoms with E-state index in [9.17, 15) is 4.79 Å². The Hall–Kier alpha value is -2.86. The van der Waals surface area contributed by atoms with E-state index in [2.05, 4.69) is 17.2 Å². The molecule has 1 heterocycles. The molecule has 0 fully saturated rings. The molecule has 0 saturated carbocycles. The highest BCUT2D eigenvalue weighted by atomic mass is 32.1. The van der Waals surface area contributed by atoms with Crippen molar-refractivity contribution in [1.29, 1.82) is 0 Å².